The van der Waals surface area contributed by atoms with E-state index in [0.717, 1.165) is 24.2 Å². The molecule has 0 fully saturated rings. The fourth-order valence-electron chi connectivity index (χ4n) is 4.29. The van der Waals surface area contributed by atoms with Crippen LogP contribution in [0.3, 0.4) is 0 Å². The van der Waals surface area contributed by atoms with E-state index >= 15 is 0 Å². The minimum Gasteiger partial charge on any atom is -0.436 e. The molecule has 1 atom stereocenters. The normalized spacial score (nSPS) is 20.2. The summed E-state index contributed by atoms with van der Waals surface area (Å²) in [5, 5.41) is 11.4. The van der Waals surface area contributed by atoms with E-state index in [1.165, 1.54) is 18.3 Å². The molecular formula is C21H19ClFN5O3. The molecule has 0 aliphatic carbocycles. The maximum Gasteiger partial charge on any atom is 0.415 e. The number of imidazole rings is 1. The monoisotopic (exact) mass is 443 g/mol. The van der Waals surface area contributed by atoms with E-state index in [0.29, 0.717) is 35.9 Å². The summed E-state index contributed by atoms with van der Waals surface area (Å²) in [5.74, 6) is -0.555. The van der Waals surface area contributed by atoms with Gasteiger partial charge in [-0.05, 0) is 41.7 Å². The second-order valence-corrected chi connectivity index (χ2v) is 8.64. The highest BCUT2D eigenvalue weighted by atomic mass is 35.5. The molecule has 8 nitrogen and oxygen atoms in total. The van der Waals surface area contributed by atoms with Crippen LogP contribution in [-0.2, 0) is 19.5 Å². The molecule has 4 heterocycles. The van der Waals surface area contributed by atoms with Crippen LogP contribution in [0.2, 0.25) is 5.02 Å². The van der Waals surface area contributed by atoms with Crippen molar-refractivity contribution in [2.45, 2.75) is 32.0 Å². The van der Waals surface area contributed by atoms with Gasteiger partial charge in [0.25, 0.3) is 0 Å². The minimum absolute atomic E-state index is 0.207. The van der Waals surface area contributed by atoms with E-state index in [1.54, 1.807) is 10.6 Å². The van der Waals surface area contributed by atoms with Crippen LogP contribution in [0.25, 0.3) is 11.3 Å². The molecule has 160 valence electrons. The van der Waals surface area contributed by atoms with E-state index in [1.807, 2.05) is 19.1 Å². The summed E-state index contributed by atoms with van der Waals surface area (Å²) in [4.78, 5) is 21.3. The predicted molar refractivity (Wildman–Crippen MR) is 112 cm³/mol. The van der Waals surface area contributed by atoms with Gasteiger partial charge < -0.3 is 14.9 Å². The highest BCUT2D eigenvalue weighted by Crippen LogP contribution is 2.33. The van der Waals surface area contributed by atoms with Gasteiger partial charge in [0.2, 0.25) is 0 Å². The van der Waals surface area contributed by atoms with E-state index in [4.69, 9.17) is 16.3 Å². The lowest BCUT2D eigenvalue weighted by atomic mass is 10.00. The van der Waals surface area contributed by atoms with E-state index in [9.17, 15) is 14.5 Å². The maximum atomic E-state index is 14.2. The van der Waals surface area contributed by atoms with Crippen molar-refractivity contribution in [3.63, 3.8) is 0 Å². The molecule has 0 N–H and O–H groups in total. The van der Waals surface area contributed by atoms with Crippen LogP contribution in [0.4, 0.5) is 10.2 Å². The second kappa shape index (κ2) is 7.28. The summed E-state index contributed by atoms with van der Waals surface area (Å²) in [6.07, 6.45) is 2.14. The maximum absolute atomic E-state index is 14.2. The Kier molecular flexibility index (Phi) is 4.67. The van der Waals surface area contributed by atoms with Crippen LogP contribution < -0.4 is 4.74 Å². The van der Waals surface area contributed by atoms with Crippen LogP contribution >= 0.6 is 11.6 Å². The quantitative estimate of drug-likeness (QED) is 0.449. The van der Waals surface area contributed by atoms with E-state index in [2.05, 4.69) is 14.9 Å². The van der Waals surface area contributed by atoms with Gasteiger partial charge in [-0.15, -0.1) is 0 Å². The van der Waals surface area contributed by atoms with Gasteiger partial charge in [0.15, 0.2) is 0 Å². The molecule has 0 unspecified atom stereocenters. The standard InChI is InChI=1S/C21H19ClFN5O3/c1-21(12-27-10-19(28(29)30)25-20(27)31-21)11-26-7-6-17-13(9-26)2-5-18(24-17)15-8-14(22)3-4-16(15)23/h2-5,8,10H,6-7,9,11-12H2,1H3/t21-/m0/s1. The zero-order valence-corrected chi connectivity index (χ0v) is 17.5. The van der Waals surface area contributed by atoms with Crippen LogP contribution in [-0.4, -0.2) is 43.0 Å². The summed E-state index contributed by atoms with van der Waals surface area (Å²) < 4.78 is 21.8. The average Bonchev–Trinajstić information content (AvgIpc) is 3.24. The highest BCUT2D eigenvalue weighted by molar-refractivity contribution is 6.30. The van der Waals surface area contributed by atoms with Gasteiger partial charge >= 0.3 is 11.8 Å². The van der Waals surface area contributed by atoms with Crippen molar-refractivity contribution >= 4 is 17.4 Å². The Morgan fingerprint density at radius 1 is 1.32 bits per heavy atom. The first-order chi connectivity index (χ1) is 14.8. The topological polar surface area (TPSA) is 86.3 Å². The Morgan fingerprint density at radius 2 is 2.16 bits per heavy atom. The van der Waals surface area contributed by atoms with Crippen LogP contribution in [0.1, 0.15) is 18.2 Å². The third-order valence-electron chi connectivity index (χ3n) is 5.65. The van der Waals surface area contributed by atoms with Crippen molar-refractivity contribution < 1.29 is 14.1 Å². The van der Waals surface area contributed by atoms with E-state index in [-0.39, 0.29) is 17.6 Å². The molecule has 2 aliphatic heterocycles. The number of hydrogen-bond acceptors (Lipinski definition) is 6. The van der Waals surface area contributed by atoms with Crippen molar-refractivity contribution in [3.05, 3.63) is 68.7 Å². The Morgan fingerprint density at radius 3 is 2.94 bits per heavy atom. The SMILES string of the molecule is C[C@]1(CN2CCc3nc(-c4cc(Cl)ccc4F)ccc3C2)Cn2cc([N+](=O)[O-])nc2O1. The summed E-state index contributed by atoms with van der Waals surface area (Å²) in [6, 6.07) is 8.54. The molecule has 0 bridgehead atoms. The fraction of sp³-hybridized carbons (Fsp3) is 0.333. The predicted octanol–water partition coefficient (Wildman–Crippen LogP) is 3.86. The molecule has 3 aromatic rings. The molecule has 0 spiro atoms. The number of rotatable bonds is 4. The van der Waals surface area contributed by atoms with Gasteiger partial charge in [-0.25, -0.2) is 4.39 Å². The number of halogens is 2. The number of aromatic nitrogens is 3. The molecular weight excluding hydrogens is 425 g/mol. The summed E-state index contributed by atoms with van der Waals surface area (Å²) in [7, 11) is 0. The Bertz CT molecular complexity index is 1170. The number of hydrogen-bond donors (Lipinski definition) is 0. The summed E-state index contributed by atoms with van der Waals surface area (Å²) >= 11 is 6.02. The molecule has 5 rings (SSSR count). The van der Waals surface area contributed by atoms with E-state index < -0.39 is 10.5 Å². The van der Waals surface area contributed by atoms with Crippen LogP contribution in [0, 0.1) is 15.9 Å². The molecule has 0 saturated heterocycles. The van der Waals surface area contributed by atoms with Crippen molar-refractivity contribution in [1.82, 2.24) is 19.4 Å². The molecule has 2 aromatic heterocycles. The zero-order valence-electron chi connectivity index (χ0n) is 16.7. The van der Waals surface area contributed by atoms with Gasteiger partial charge in [0, 0.05) is 47.3 Å². The van der Waals surface area contributed by atoms with Gasteiger partial charge in [-0.2, -0.15) is 0 Å². The molecule has 0 saturated carbocycles. The highest BCUT2D eigenvalue weighted by Gasteiger charge is 2.41. The molecule has 10 heteroatoms. The van der Waals surface area contributed by atoms with Crippen molar-refractivity contribution in [1.29, 1.82) is 0 Å². The smallest absolute Gasteiger partial charge is 0.415 e. The summed E-state index contributed by atoms with van der Waals surface area (Å²) in [5.41, 5.74) is 2.49. The lowest BCUT2D eigenvalue weighted by Gasteiger charge is -2.34. The largest absolute Gasteiger partial charge is 0.436 e. The first-order valence-electron chi connectivity index (χ1n) is 9.87. The first kappa shape index (κ1) is 19.9. The third kappa shape index (κ3) is 3.75. The van der Waals surface area contributed by atoms with Crippen LogP contribution in [0.5, 0.6) is 6.01 Å². The summed E-state index contributed by atoms with van der Waals surface area (Å²) in [6.45, 7) is 4.60. The van der Waals surface area contributed by atoms with Gasteiger partial charge in [0.1, 0.15) is 17.6 Å². The number of nitrogens with zero attached hydrogens (tertiary/aromatic N) is 5. The number of fused-ring (bicyclic) bond motifs is 2. The fourth-order valence-corrected chi connectivity index (χ4v) is 4.46. The third-order valence-corrected chi connectivity index (χ3v) is 5.88. The number of ether oxygens (including phenoxy) is 1. The Balaban J connectivity index is 1.29. The average molecular weight is 444 g/mol. The first-order valence-corrected chi connectivity index (χ1v) is 10.2. The molecule has 0 radical (unpaired) electrons. The Labute approximate surface area is 182 Å². The molecule has 31 heavy (non-hydrogen) atoms. The second-order valence-electron chi connectivity index (χ2n) is 8.21. The lowest BCUT2D eigenvalue weighted by Crippen LogP contribution is -2.46. The lowest BCUT2D eigenvalue weighted by molar-refractivity contribution is -0.389. The minimum atomic E-state index is -0.524. The van der Waals surface area contributed by atoms with Crippen molar-refractivity contribution in [2.75, 3.05) is 13.1 Å². The van der Waals surface area contributed by atoms with Crippen molar-refractivity contribution in [3.8, 4) is 17.3 Å². The number of nitro groups is 1. The van der Waals surface area contributed by atoms with Crippen LogP contribution in [0.15, 0.2) is 36.5 Å². The van der Waals surface area contributed by atoms with Gasteiger partial charge in [0.05, 0.1) is 12.2 Å². The molecule has 1 aromatic carbocycles. The zero-order chi connectivity index (χ0) is 21.8. The number of benzene rings is 1. The van der Waals surface area contributed by atoms with Gasteiger partial charge in [-0.3, -0.25) is 14.5 Å². The molecule has 2 aliphatic rings. The molecule has 0 amide bonds. The Hall–Kier alpha value is -3.04. The van der Waals surface area contributed by atoms with Gasteiger partial charge in [-0.1, -0.05) is 17.7 Å². The number of pyridine rings is 1. The van der Waals surface area contributed by atoms with Crippen molar-refractivity contribution in [2.24, 2.45) is 0 Å².